The number of quaternary nitrogens is 1. The van der Waals surface area contributed by atoms with Gasteiger partial charge in [-0.1, -0.05) is 49.6 Å². The van der Waals surface area contributed by atoms with Crippen LogP contribution in [0.1, 0.15) is 44.1 Å². The van der Waals surface area contributed by atoms with Gasteiger partial charge in [0.2, 0.25) is 0 Å². The predicted molar refractivity (Wildman–Crippen MR) is 98.1 cm³/mol. The molecule has 0 radical (unpaired) electrons. The number of nitrogens with one attached hydrogen (secondary N) is 3. The molecule has 1 aromatic carbocycles. The van der Waals surface area contributed by atoms with E-state index >= 15 is 0 Å². The molecule has 1 unspecified atom stereocenters. The van der Waals surface area contributed by atoms with Gasteiger partial charge in [-0.05, 0) is 30.1 Å². The van der Waals surface area contributed by atoms with Gasteiger partial charge < -0.3 is 10.2 Å². The fourth-order valence-electron chi connectivity index (χ4n) is 3.72. The molecule has 3 rings (SSSR count). The highest BCUT2D eigenvalue weighted by molar-refractivity contribution is 5.94. The minimum absolute atomic E-state index is 0.195. The summed E-state index contributed by atoms with van der Waals surface area (Å²) in [5.41, 5.74) is 2.61. The Balaban J connectivity index is 1.41. The molecule has 134 valence electrons. The molecular weight excluding hydrogens is 314 g/mol. The fourth-order valence-corrected chi connectivity index (χ4v) is 3.72. The number of hydrogen-bond donors (Lipinski definition) is 3. The lowest BCUT2D eigenvalue weighted by molar-refractivity contribution is -0.886. The molecule has 1 atom stereocenters. The maximum Gasteiger partial charge on any atom is 0.321 e. The Morgan fingerprint density at radius 1 is 1.08 bits per heavy atom. The molecule has 3 N–H and O–H groups in total. The van der Waals surface area contributed by atoms with Crippen molar-refractivity contribution in [3.8, 4) is 0 Å². The lowest BCUT2D eigenvalue weighted by Crippen LogP contribution is -3.13. The zero-order valence-electron chi connectivity index (χ0n) is 14.7. The summed E-state index contributed by atoms with van der Waals surface area (Å²) in [4.78, 5) is 25.2. The van der Waals surface area contributed by atoms with Crippen molar-refractivity contribution in [3.63, 3.8) is 0 Å². The maximum atomic E-state index is 12.1. The third-order valence-corrected chi connectivity index (χ3v) is 5.13. The molecule has 5 heteroatoms. The molecule has 25 heavy (non-hydrogen) atoms. The highest BCUT2D eigenvalue weighted by atomic mass is 16.2. The Morgan fingerprint density at radius 3 is 2.52 bits per heavy atom. The van der Waals surface area contributed by atoms with Crippen LogP contribution in [0.15, 0.2) is 36.4 Å². The van der Waals surface area contributed by atoms with E-state index in [1.165, 1.54) is 22.5 Å². The molecule has 1 aromatic rings. The van der Waals surface area contributed by atoms with Crippen molar-refractivity contribution in [2.45, 2.75) is 44.6 Å². The van der Waals surface area contributed by atoms with Crippen LogP contribution in [-0.2, 0) is 4.79 Å². The van der Waals surface area contributed by atoms with Gasteiger partial charge in [-0.25, -0.2) is 4.79 Å². The minimum atomic E-state index is -0.339. The minimum Gasteiger partial charge on any atom is -0.335 e. The summed E-state index contributed by atoms with van der Waals surface area (Å²) in [6.45, 7) is 2.08. The number of amides is 3. The molecular formula is C20H28N3O2+. The van der Waals surface area contributed by atoms with Crippen molar-refractivity contribution in [1.29, 1.82) is 0 Å². The van der Waals surface area contributed by atoms with Gasteiger partial charge >= 0.3 is 6.03 Å². The van der Waals surface area contributed by atoms with Crippen LogP contribution >= 0.6 is 0 Å². The Bertz CT molecular complexity index is 621. The molecule has 1 aliphatic carbocycles. The molecule has 1 fully saturated rings. The van der Waals surface area contributed by atoms with Crippen molar-refractivity contribution in [2.75, 3.05) is 19.6 Å². The van der Waals surface area contributed by atoms with E-state index in [1.807, 2.05) is 18.2 Å². The quantitative estimate of drug-likeness (QED) is 0.777. The van der Waals surface area contributed by atoms with Gasteiger partial charge in [0.05, 0.1) is 13.1 Å². The third kappa shape index (κ3) is 5.43. The second kappa shape index (κ2) is 8.81. The SMILES string of the molecule is O=C(C[NH+]1CC=C(c2ccccc2)CC1)NC(=O)NC1CCCCC1. The van der Waals surface area contributed by atoms with Crippen LogP contribution in [0.4, 0.5) is 4.79 Å². The summed E-state index contributed by atoms with van der Waals surface area (Å²) >= 11 is 0. The van der Waals surface area contributed by atoms with Gasteiger partial charge in [0, 0.05) is 12.5 Å². The Morgan fingerprint density at radius 2 is 1.84 bits per heavy atom. The first kappa shape index (κ1) is 17.7. The van der Waals surface area contributed by atoms with Crippen molar-refractivity contribution in [3.05, 3.63) is 42.0 Å². The van der Waals surface area contributed by atoms with Crippen LogP contribution < -0.4 is 15.5 Å². The molecule has 2 aliphatic rings. The molecule has 3 amide bonds. The van der Waals surface area contributed by atoms with Gasteiger partial charge in [0.15, 0.2) is 6.54 Å². The number of benzene rings is 1. The fraction of sp³-hybridized carbons (Fsp3) is 0.500. The largest absolute Gasteiger partial charge is 0.335 e. The van der Waals surface area contributed by atoms with E-state index in [1.54, 1.807) is 0 Å². The Labute approximate surface area is 149 Å². The van der Waals surface area contributed by atoms with Crippen LogP contribution in [0.3, 0.4) is 0 Å². The Kier molecular flexibility index (Phi) is 6.23. The first-order valence-electron chi connectivity index (χ1n) is 9.39. The zero-order valence-corrected chi connectivity index (χ0v) is 14.7. The molecule has 1 heterocycles. The number of rotatable bonds is 4. The summed E-state index contributed by atoms with van der Waals surface area (Å²) in [5, 5.41) is 5.41. The highest BCUT2D eigenvalue weighted by Gasteiger charge is 2.21. The molecule has 0 aromatic heterocycles. The predicted octanol–water partition coefficient (Wildman–Crippen LogP) is 1.52. The summed E-state index contributed by atoms with van der Waals surface area (Å²) < 4.78 is 0. The van der Waals surface area contributed by atoms with Crippen molar-refractivity contribution in [2.24, 2.45) is 0 Å². The summed E-state index contributed by atoms with van der Waals surface area (Å²) in [6, 6.07) is 10.3. The van der Waals surface area contributed by atoms with E-state index in [-0.39, 0.29) is 18.0 Å². The van der Waals surface area contributed by atoms with Crippen LogP contribution in [-0.4, -0.2) is 37.6 Å². The van der Waals surface area contributed by atoms with E-state index in [2.05, 4.69) is 28.8 Å². The average molecular weight is 342 g/mol. The standard InChI is InChI=1S/C20H27N3O2/c24-19(22-20(25)21-18-9-5-2-6-10-18)15-23-13-11-17(12-14-23)16-7-3-1-4-8-16/h1,3-4,7-8,11,18H,2,5-6,9-10,12-15H2,(H2,21,22,24,25)/p+1. The number of carbonyl (C=O) groups excluding carboxylic acids is 2. The van der Waals surface area contributed by atoms with Crippen molar-refractivity contribution < 1.29 is 14.5 Å². The van der Waals surface area contributed by atoms with Crippen LogP contribution in [0.2, 0.25) is 0 Å². The lowest BCUT2D eigenvalue weighted by Gasteiger charge is -2.24. The van der Waals surface area contributed by atoms with Gasteiger partial charge in [0.1, 0.15) is 0 Å². The summed E-state index contributed by atoms with van der Waals surface area (Å²) in [7, 11) is 0. The third-order valence-electron chi connectivity index (χ3n) is 5.13. The molecule has 5 nitrogen and oxygen atoms in total. The smallest absolute Gasteiger partial charge is 0.321 e. The van der Waals surface area contributed by atoms with Gasteiger partial charge in [-0.15, -0.1) is 0 Å². The van der Waals surface area contributed by atoms with E-state index in [9.17, 15) is 9.59 Å². The molecule has 1 saturated carbocycles. The maximum absolute atomic E-state index is 12.1. The number of imide groups is 1. The Hall–Kier alpha value is -2.14. The molecule has 1 aliphatic heterocycles. The monoisotopic (exact) mass is 342 g/mol. The van der Waals surface area contributed by atoms with Crippen molar-refractivity contribution in [1.82, 2.24) is 10.6 Å². The topological polar surface area (TPSA) is 62.6 Å². The lowest BCUT2D eigenvalue weighted by atomic mass is 9.96. The number of hydrogen-bond acceptors (Lipinski definition) is 2. The number of carbonyl (C=O) groups is 2. The second-order valence-corrected chi connectivity index (χ2v) is 7.08. The molecule has 0 saturated heterocycles. The van der Waals surface area contributed by atoms with Crippen molar-refractivity contribution >= 4 is 17.5 Å². The van der Waals surface area contributed by atoms with Crippen LogP contribution in [0.25, 0.3) is 5.57 Å². The normalized spacial score (nSPS) is 21.3. The van der Waals surface area contributed by atoms with E-state index in [0.29, 0.717) is 6.54 Å². The van der Waals surface area contributed by atoms with E-state index in [0.717, 1.165) is 45.2 Å². The van der Waals surface area contributed by atoms with Gasteiger partial charge in [-0.2, -0.15) is 0 Å². The van der Waals surface area contributed by atoms with Crippen LogP contribution in [0, 0.1) is 0 Å². The average Bonchev–Trinajstić information content (AvgIpc) is 2.63. The van der Waals surface area contributed by atoms with E-state index < -0.39 is 0 Å². The molecule has 0 spiro atoms. The summed E-state index contributed by atoms with van der Waals surface area (Å²) in [5.74, 6) is -0.195. The van der Waals surface area contributed by atoms with Gasteiger partial charge in [0.25, 0.3) is 5.91 Å². The summed E-state index contributed by atoms with van der Waals surface area (Å²) in [6.07, 6.45) is 8.78. The molecule has 0 bridgehead atoms. The second-order valence-electron chi connectivity index (χ2n) is 7.08. The van der Waals surface area contributed by atoms with E-state index in [4.69, 9.17) is 0 Å². The first-order chi connectivity index (χ1) is 12.2. The van der Waals surface area contributed by atoms with Gasteiger partial charge in [-0.3, -0.25) is 10.1 Å². The number of urea groups is 1. The van der Waals surface area contributed by atoms with Crippen LogP contribution in [0.5, 0.6) is 0 Å². The zero-order chi connectivity index (χ0) is 17.5. The first-order valence-corrected chi connectivity index (χ1v) is 9.39. The highest BCUT2D eigenvalue weighted by Crippen LogP contribution is 2.18.